The van der Waals surface area contributed by atoms with Crippen LogP contribution in [0.25, 0.3) is 0 Å². The molecule has 1 aromatic rings. The standard InChI is InChI=1S/C13H13NOS/c1-3-8-14(2)13(15)11-9-16-12-7-5-4-6-10(11)12/h1,4-7,11H,8-9H2,2H3. The van der Waals surface area contributed by atoms with Gasteiger partial charge in [-0.05, 0) is 11.6 Å². The van der Waals surface area contributed by atoms with E-state index in [0.29, 0.717) is 6.54 Å². The highest BCUT2D eigenvalue weighted by atomic mass is 32.2. The zero-order valence-corrected chi connectivity index (χ0v) is 9.96. The van der Waals surface area contributed by atoms with E-state index in [0.717, 1.165) is 11.3 Å². The van der Waals surface area contributed by atoms with Crippen LogP contribution in [0, 0.1) is 12.3 Å². The fraction of sp³-hybridized carbons (Fsp3) is 0.308. The average molecular weight is 231 g/mol. The molecule has 1 unspecified atom stereocenters. The first kappa shape index (κ1) is 11.1. The van der Waals surface area contributed by atoms with Crippen molar-refractivity contribution < 1.29 is 4.79 Å². The largest absolute Gasteiger partial charge is 0.334 e. The van der Waals surface area contributed by atoms with E-state index in [9.17, 15) is 4.79 Å². The monoisotopic (exact) mass is 231 g/mol. The van der Waals surface area contributed by atoms with Gasteiger partial charge < -0.3 is 4.90 Å². The van der Waals surface area contributed by atoms with Crippen molar-refractivity contribution in [3.63, 3.8) is 0 Å². The fourth-order valence-electron chi connectivity index (χ4n) is 1.85. The normalized spacial score (nSPS) is 17.6. The average Bonchev–Trinajstić information content (AvgIpc) is 2.72. The molecule has 0 N–H and O–H groups in total. The molecule has 0 bridgehead atoms. The highest BCUT2D eigenvalue weighted by Crippen LogP contribution is 2.39. The molecule has 2 rings (SSSR count). The predicted octanol–water partition coefficient (Wildman–Crippen LogP) is 1.97. The Hall–Kier alpha value is -1.40. The summed E-state index contributed by atoms with van der Waals surface area (Å²) in [6.07, 6.45) is 5.21. The van der Waals surface area contributed by atoms with Gasteiger partial charge in [-0.2, -0.15) is 0 Å². The smallest absolute Gasteiger partial charge is 0.231 e. The van der Waals surface area contributed by atoms with Gasteiger partial charge in [-0.15, -0.1) is 18.2 Å². The van der Waals surface area contributed by atoms with Gasteiger partial charge in [-0.1, -0.05) is 24.1 Å². The number of hydrogen-bond donors (Lipinski definition) is 0. The molecule has 0 radical (unpaired) electrons. The van der Waals surface area contributed by atoms with Crippen LogP contribution >= 0.6 is 11.8 Å². The van der Waals surface area contributed by atoms with Crippen LogP contribution in [0.5, 0.6) is 0 Å². The van der Waals surface area contributed by atoms with Crippen LogP contribution < -0.4 is 0 Å². The molecular weight excluding hydrogens is 218 g/mol. The lowest BCUT2D eigenvalue weighted by Crippen LogP contribution is -2.32. The van der Waals surface area contributed by atoms with Crippen LogP contribution in [-0.2, 0) is 4.79 Å². The minimum Gasteiger partial charge on any atom is -0.334 e. The molecule has 0 saturated heterocycles. The van der Waals surface area contributed by atoms with Gasteiger partial charge >= 0.3 is 0 Å². The van der Waals surface area contributed by atoms with E-state index in [4.69, 9.17) is 6.42 Å². The molecule has 1 aromatic carbocycles. The van der Waals surface area contributed by atoms with Crippen molar-refractivity contribution in [2.75, 3.05) is 19.3 Å². The van der Waals surface area contributed by atoms with Gasteiger partial charge in [0.2, 0.25) is 5.91 Å². The van der Waals surface area contributed by atoms with E-state index in [1.807, 2.05) is 18.2 Å². The molecule has 2 nitrogen and oxygen atoms in total. The van der Waals surface area contributed by atoms with Gasteiger partial charge in [0, 0.05) is 17.7 Å². The quantitative estimate of drug-likeness (QED) is 0.725. The molecule has 0 aromatic heterocycles. The van der Waals surface area contributed by atoms with Crippen molar-refractivity contribution in [2.24, 2.45) is 0 Å². The van der Waals surface area contributed by atoms with E-state index in [2.05, 4.69) is 12.0 Å². The van der Waals surface area contributed by atoms with Crippen molar-refractivity contribution in [2.45, 2.75) is 10.8 Å². The Morgan fingerprint density at radius 1 is 1.62 bits per heavy atom. The zero-order chi connectivity index (χ0) is 11.5. The first-order valence-electron chi connectivity index (χ1n) is 5.14. The number of carbonyl (C=O) groups is 1. The summed E-state index contributed by atoms with van der Waals surface area (Å²) in [7, 11) is 1.76. The lowest BCUT2D eigenvalue weighted by atomic mass is 10.00. The summed E-state index contributed by atoms with van der Waals surface area (Å²) in [4.78, 5) is 15.0. The van der Waals surface area contributed by atoms with Crippen LogP contribution in [0.4, 0.5) is 0 Å². The number of carbonyl (C=O) groups excluding carboxylic acids is 1. The van der Waals surface area contributed by atoms with Gasteiger partial charge in [-0.25, -0.2) is 0 Å². The van der Waals surface area contributed by atoms with E-state index < -0.39 is 0 Å². The number of rotatable bonds is 2. The van der Waals surface area contributed by atoms with Crippen molar-refractivity contribution in [1.29, 1.82) is 0 Å². The zero-order valence-electron chi connectivity index (χ0n) is 9.14. The number of amides is 1. The van der Waals surface area contributed by atoms with E-state index in [1.165, 1.54) is 4.90 Å². The molecule has 82 valence electrons. The molecule has 1 aliphatic rings. The van der Waals surface area contributed by atoms with E-state index in [1.54, 1.807) is 23.7 Å². The van der Waals surface area contributed by atoms with Crippen LogP contribution in [0.15, 0.2) is 29.2 Å². The third-order valence-corrected chi connectivity index (χ3v) is 3.89. The predicted molar refractivity (Wildman–Crippen MR) is 66.4 cm³/mol. The summed E-state index contributed by atoms with van der Waals surface area (Å²) >= 11 is 1.74. The molecule has 0 aliphatic carbocycles. The lowest BCUT2D eigenvalue weighted by molar-refractivity contribution is -0.130. The Balaban J connectivity index is 2.20. The molecule has 3 heteroatoms. The van der Waals surface area contributed by atoms with Crippen molar-refractivity contribution in [1.82, 2.24) is 4.90 Å². The minimum atomic E-state index is -0.0282. The summed E-state index contributed by atoms with van der Waals surface area (Å²) in [5.41, 5.74) is 1.14. The Morgan fingerprint density at radius 2 is 2.38 bits per heavy atom. The van der Waals surface area contributed by atoms with Gasteiger partial charge in [0.15, 0.2) is 0 Å². The Morgan fingerprint density at radius 3 is 3.12 bits per heavy atom. The highest BCUT2D eigenvalue weighted by Gasteiger charge is 2.30. The molecule has 1 heterocycles. The summed E-state index contributed by atoms with van der Waals surface area (Å²) in [6, 6.07) is 8.08. The lowest BCUT2D eigenvalue weighted by Gasteiger charge is -2.18. The second kappa shape index (κ2) is 4.63. The molecule has 16 heavy (non-hydrogen) atoms. The fourth-order valence-corrected chi connectivity index (χ4v) is 3.07. The Kier molecular flexibility index (Phi) is 3.21. The number of terminal acetylenes is 1. The van der Waals surface area contributed by atoms with Crippen LogP contribution in [0.2, 0.25) is 0 Å². The number of hydrogen-bond acceptors (Lipinski definition) is 2. The molecule has 0 spiro atoms. The minimum absolute atomic E-state index is 0.0282. The number of likely N-dealkylation sites (N-methyl/N-ethyl adjacent to an activating group) is 1. The number of benzene rings is 1. The van der Waals surface area contributed by atoms with Crippen molar-refractivity contribution in [3.8, 4) is 12.3 Å². The third-order valence-electron chi connectivity index (χ3n) is 2.70. The molecule has 1 atom stereocenters. The van der Waals surface area contributed by atoms with Gasteiger partial charge in [0.05, 0.1) is 12.5 Å². The van der Waals surface area contributed by atoms with Crippen molar-refractivity contribution >= 4 is 17.7 Å². The Bertz CT molecular complexity index is 449. The Labute approximate surface area is 100 Å². The molecule has 1 aliphatic heterocycles. The second-order valence-electron chi connectivity index (χ2n) is 3.80. The van der Waals surface area contributed by atoms with E-state index >= 15 is 0 Å². The second-order valence-corrected chi connectivity index (χ2v) is 4.86. The van der Waals surface area contributed by atoms with E-state index in [-0.39, 0.29) is 11.8 Å². The van der Waals surface area contributed by atoms with Crippen LogP contribution in [0.1, 0.15) is 11.5 Å². The van der Waals surface area contributed by atoms with Crippen molar-refractivity contribution in [3.05, 3.63) is 29.8 Å². The summed E-state index contributed by atoms with van der Waals surface area (Å²) in [5.74, 6) is 3.41. The first-order valence-corrected chi connectivity index (χ1v) is 6.12. The number of fused-ring (bicyclic) bond motifs is 1. The maximum atomic E-state index is 12.1. The number of nitrogens with zero attached hydrogens (tertiary/aromatic N) is 1. The first-order chi connectivity index (χ1) is 7.74. The summed E-state index contributed by atoms with van der Waals surface area (Å²) < 4.78 is 0. The summed E-state index contributed by atoms with van der Waals surface area (Å²) in [5, 5.41) is 0. The summed E-state index contributed by atoms with van der Waals surface area (Å²) in [6.45, 7) is 0.377. The third kappa shape index (κ3) is 1.94. The molecular formula is C13H13NOS. The SMILES string of the molecule is C#CCN(C)C(=O)C1CSc2ccccc21. The van der Waals surface area contributed by atoms with Gasteiger partial charge in [0.25, 0.3) is 0 Å². The van der Waals surface area contributed by atoms with Crippen LogP contribution in [-0.4, -0.2) is 30.2 Å². The molecule has 0 fully saturated rings. The highest BCUT2D eigenvalue weighted by molar-refractivity contribution is 7.99. The van der Waals surface area contributed by atoms with Gasteiger partial charge in [0.1, 0.15) is 0 Å². The van der Waals surface area contributed by atoms with Crippen LogP contribution in [0.3, 0.4) is 0 Å². The number of thioether (sulfide) groups is 1. The maximum absolute atomic E-state index is 12.1. The molecule has 0 saturated carbocycles. The maximum Gasteiger partial charge on any atom is 0.231 e. The topological polar surface area (TPSA) is 20.3 Å². The molecule has 1 amide bonds. The van der Waals surface area contributed by atoms with Gasteiger partial charge in [-0.3, -0.25) is 4.79 Å².